The number of rotatable bonds is 4. The highest BCUT2D eigenvalue weighted by molar-refractivity contribution is 9.10. The van der Waals surface area contributed by atoms with Crippen molar-refractivity contribution in [3.05, 3.63) is 32.8 Å². The number of likely N-dealkylation sites (N-methyl/N-ethyl adjacent to an activating group) is 1. The predicted octanol–water partition coefficient (Wildman–Crippen LogP) is 1.28. The molecule has 1 rings (SSSR count). The zero-order chi connectivity index (χ0) is 12.3. The smallest absolute Gasteiger partial charge is 0.292 e. The van der Waals surface area contributed by atoms with Crippen molar-refractivity contribution in [3.63, 3.8) is 0 Å². The Bertz CT molecular complexity index is 436. The van der Waals surface area contributed by atoms with Crippen molar-refractivity contribution >= 4 is 33.2 Å². The van der Waals surface area contributed by atoms with Gasteiger partial charge in [-0.05, 0) is 12.1 Å². The van der Waals surface area contributed by atoms with Crippen molar-refractivity contribution in [1.82, 2.24) is 0 Å². The van der Waals surface area contributed by atoms with Crippen molar-refractivity contribution in [3.8, 4) is 0 Å². The molecule has 86 valence electrons. The molecule has 0 saturated heterocycles. The molecule has 0 bridgehead atoms. The average molecular weight is 288 g/mol. The van der Waals surface area contributed by atoms with Gasteiger partial charge in [-0.2, -0.15) is 0 Å². The van der Waals surface area contributed by atoms with Gasteiger partial charge in [-0.3, -0.25) is 14.9 Å². The second-order valence-corrected chi connectivity index (χ2v) is 4.13. The second-order valence-electron chi connectivity index (χ2n) is 3.21. The van der Waals surface area contributed by atoms with Gasteiger partial charge >= 0.3 is 0 Å². The van der Waals surface area contributed by atoms with E-state index >= 15 is 0 Å². The number of nitro benzene ring substituents is 1. The van der Waals surface area contributed by atoms with Crippen LogP contribution in [0.3, 0.4) is 0 Å². The van der Waals surface area contributed by atoms with Gasteiger partial charge in [0.15, 0.2) is 0 Å². The van der Waals surface area contributed by atoms with Gasteiger partial charge in [0.05, 0.1) is 11.5 Å². The Morgan fingerprint density at radius 3 is 2.75 bits per heavy atom. The molecule has 0 unspecified atom stereocenters. The van der Waals surface area contributed by atoms with E-state index in [4.69, 9.17) is 5.73 Å². The van der Waals surface area contributed by atoms with Crippen LogP contribution in [0.2, 0.25) is 0 Å². The molecule has 1 aromatic rings. The number of anilines is 1. The normalized spacial score (nSPS) is 9.88. The minimum Gasteiger partial charge on any atom is -0.368 e. The summed E-state index contributed by atoms with van der Waals surface area (Å²) < 4.78 is 0.699. The second kappa shape index (κ2) is 4.93. The van der Waals surface area contributed by atoms with E-state index in [1.54, 1.807) is 19.2 Å². The molecule has 0 aliphatic rings. The van der Waals surface area contributed by atoms with Crippen LogP contribution in [0.25, 0.3) is 0 Å². The first kappa shape index (κ1) is 12.4. The molecule has 0 aliphatic carbocycles. The summed E-state index contributed by atoms with van der Waals surface area (Å²) >= 11 is 3.21. The lowest BCUT2D eigenvalue weighted by molar-refractivity contribution is -0.384. The first-order chi connectivity index (χ1) is 7.41. The molecule has 1 amide bonds. The molecule has 0 fully saturated rings. The highest BCUT2D eigenvalue weighted by Crippen LogP contribution is 2.30. The van der Waals surface area contributed by atoms with Crippen LogP contribution in [0.4, 0.5) is 11.4 Å². The third kappa shape index (κ3) is 2.93. The summed E-state index contributed by atoms with van der Waals surface area (Å²) in [6.07, 6.45) is 0. The molecule has 0 aliphatic heterocycles. The highest BCUT2D eigenvalue weighted by Gasteiger charge is 2.18. The molecule has 0 saturated carbocycles. The fourth-order valence-corrected chi connectivity index (χ4v) is 1.62. The number of carbonyl (C=O) groups excluding carboxylic acids is 1. The molecule has 2 N–H and O–H groups in total. The van der Waals surface area contributed by atoms with Crippen molar-refractivity contribution in [1.29, 1.82) is 0 Å². The van der Waals surface area contributed by atoms with E-state index in [0.29, 0.717) is 10.2 Å². The number of primary amides is 1. The Hall–Kier alpha value is -1.63. The predicted molar refractivity (Wildman–Crippen MR) is 63.3 cm³/mol. The summed E-state index contributed by atoms with van der Waals surface area (Å²) in [4.78, 5) is 22.5. The summed E-state index contributed by atoms with van der Waals surface area (Å²) in [7, 11) is 1.57. The van der Waals surface area contributed by atoms with Crippen molar-refractivity contribution in [2.45, 2.75) is 0 Å². The zero-order valence-electron chi connectivity index (χ0n) is 8.51. The van der Waals surface area contributed by atoms with Crippen LogP contribution >= 0.6 is 15.9 Å². The number of carbonyl (C=O) groups is 1. The van der Waals surface area contributed by atoms with Crippen LogP contribution in [0, 0.1) is 10.1 Å². The van der Waals surface area contributed by atoms with Gasteiger partial charge in [0, 0.05) is 17.6 Å². The van der Waals surface area contributed by atoms with Crippen LogP contribution in [-0.2, 0) is 4.79 Å². The Morgan fingerprint density at radius 1 is 1.62 bits per heavy atom. The number of amides is 1. The number of nitro groups is 1. The lowest BCUT2D eigenvalue weighted by Crippen LogP contribution is -2.30. The number of nitrogens with two attached hydrogens (primary N) is 1. The van der Waals surface area contributed by atoms with E-state index in [-0.39, 0.29) is 12.2 Å². The molecular weight excluding hydrogens is 278 g/mol. The molecular formula is C9H10BrN3O3. The zero-order valence-corrected chi connectivity index (χ0v) is 10.1. The Labute approximate surface area is 100 Å². The number of nitrogens with zero attached hydrogens (tertiary/aromatic N) is 2. The molecule has 16 heavy (non-hydrogen) atoms. The van der Waals surface area contributed by atoms with E-state index in [2.05, 4.69) is 15.9 Å². The van der Waals surface area contributed by atoms with Crippen molar-refractivity contribution in [2.24, 2.45) is 5.73 Å². The molecule has 0 spiro atoms. The largest absolute Gasteiger partial charge is 0.368 e. The van der Waals surface area contributed by atoms with Crippen molar-refractivity contribution in [2.75, 3.05) is 18.5 Å². The molecule has 0 radical (unpaired) electrons. The molecule has 0 heterocycles. The first-order valence-corrected chi connectivity index (χ1v) is 5.14. The van der Waals surface area contributed by atoms with Crippen LogP contribution in [0.5, 0.6) is 0 Å². The average Bonchev–Trinajstić information content (AvgIpc) is 2.15. The summed E-state index contributed by atoms with van der Waals surface area (Å²) in [5.74, 6) is -0.545. The fraction of sp³-hybridized carbons (Fsp3) is 0.222. The van der Waals surface area contributed by atoms with Crippen LogP contribution < -0.4 is 10.6 Å². The van der Waals surface area contributed by atoms with Crippen LogP contribution in [0.15, 0.2) is 22.7 Å². The maximum Gasteiger partial charge on any atom is 0.292 e. The van der Waals surface area contributed by atoms with Gasteiger partial charge in [0.1, 0.15) is 5.69 Å². The maximum absolute atomic E-state index is 10.8. The number of hydrogen-bond acceptors (Lipinski definition) is 4. The third-order valence-corrected chi connectivity index (χ3v) is 2.43. The van der Waals surface area contributed by atoms with Gasteiger partial charge in [0.25, 0.3) is 5.69 Å². The van der Waals surface area contributed by atoms with Gasteiger partial charge in [-0.15, -0.1) is 0 Å². The number of benzene rings is 1. The van der Waals surface area contributed by atoms with Crippen LogP contribution in [0.1, 0.15) is 0 Å². The molecule has 1 aromatic carbocycles. The molecule has 7 heteroatoms. The monoisotopic (exact) mass is 287 g/mol. The minimum absolute atomic E-state index is 0.0630. The molecule has 0 aromatic heterocycles. The lowest BCUT2D eigenvalue weighted by Gasteiger charge is -2.17. The quantitative estimate of drug-likeness (QED) is 0.667. The first-order valence-electron chi connectivity index (χ1n) is 4.35. The number of halogens is 1. The standard InChI is InChI=1S/C9H10BrN3O3/c1-12(5-9(11)14)8-4-6(10)2-3-7(8)13(15)16/h2-4H,5H2,1H3,(H2,11,14). The summed E-state index contributed by atoms with van der Waals surface area (Å²) in [5, 5.41) is 10.8. The fourth-order valence-electron chi connectivity index (χ4n) is 1.28. The van der Waals surface area contributed by atoms with E-state index in [9.17, 15) is 14.9 Å². The maximum atomic E-state index is 10.8. The minimum atomic E-state index is -0.545. The molecule has 6 nitrogen and oxygen atoms in total. The SMILES string of the molecule is CN(CC(N)=O)c1cc(Br)ccc1[N+](=O)[O-]. The molecule has 0 atom stereocenters. The lowest BCUT2D eigenvalue weighted by atomic mass is 10.2. The van der Waals surface area contributed by atoms with E-state index in [1.165, 1.54) is 11.0 Å². The third-order valence-electron chi connectivity index (χ3n) is 1.94. The van der Waals surface area contributed by atoms with Gasteiger partial charge in [-0.25, -0.2) is 0 Å². The highest BCUT2D eigenvalue weighted by atomic mass is 79.9. The van der Waals surface area contributed by atoms with E-state index in [1.807, 2.05) is 0 Å². The van der Waals surface area contributed by atoms with E-state index < -0.39 is 10.8 Å². The van der Waals surface area contributed by atoms with Gasteiger partial charge < -0.3 is 10.6 Å². The Kier molecular flexibility index (Phi) is 3.83. The van der Waals surface area contributed by atoms with Crippen LogP contribution in [-0.4, -0.2) is 24.4 Å². The summed E-state index contributed by atoms with van der Waals surface area (Å²) in [6, 6.07) is 4.51. The Balaban J connectivity index is 3.13. The summed E-state index contributed by atoms with van der Waals surface area (Å²) in [5.41, 5.74) is 5.32. The van der Waals surface area contributed by atoms with Crippen molar-refractivity contribution < 1.29 is 9.72 Å². The number of hydrogen-bond donors (Lipinski definition) is 1. The van der Waals surface area contributed by atoms with E-state index in [0.717, 1.165) is 0 Å². The van der Waals surface area contributed by atoms with Gasteiger partial charge in [0.2, 0.25) is 5.91 Å². The Morgan fingerprint density at radius 2 is 2.25 bits per heavy atom. The topological polar surface area (TPSA) is 89.5 Å². The summed E-state index contributed by atoms with van der Waals surface area (Å²) in [6.45, 7) is -0.0721. The van der Waals surface area contributed by atoms with Gasteiger partial charge in [-0.1, -0.05) is 15.9 Å².